The molecule has 0 spiro atoms. The zero-order valence-corrected chi connectivity index (χ0v) is 12.0. The van der Waals surface area contributed by atoms with E-state index in [0.29, 0.717) is 17.5 Å². The number of hydrogen-bond donors (Lipinski definition) is 0. The fourth-order valence-electron chi connectivity index (χ4n) is 2.03. The number of benzene rings is 2. The van der Waals surface area contributed by atoms with Crippen LogP contribution in [0, 0.1) is 6.92 Å². The summed E-state index contributed by atoms with van der Waals surface area (Å²) in [5.74, 6) is -0.226. The quantitative estimate of drug-likeness (QED) is 0.787. The first kappa shape index (κ1) is 14.7. The Morgan fingerprint density at radius 1 is 1.05 bits per heavy atom. The number of amides is 1. The number of nitrogens with zero attached hydrogens (tertiary/aromatic N) is 1. The minimum atomic E-state index is -0.226. The van der Waals surface area contributed by atoms with Crippen LogP contribution < -0.4 is 0 Å². The van der Waals surface area contributed by atoms with Gasteiger partial charge in [0.25, 0.3) is 5.91 Å². The van der Waals surface area contributed by atoms with E-state index < -0.39 is 0 Å². The summed E-state index contributed by atoms with van der Waals surface area (Å²) >= 11 is 0. The third-order valence-electron chi connectivity index (χ3n) is 3.23. The van der Waals surface area contributed by atoms with Crippen molar-refractivity contribution in [1.29, 1.82) is 0 Å². The maximum absolute atomic E-state index is 12.6. The van der Waals surface area contributed by atoms with Gasteiger partial charge in [0.05, 0.1) is 6.54 Å². The molecule has 2 aromatic carbocycles. The predicted molar refractivity (Wildman–Crippen MR) is 83.8 cm³/mol. The van der Waals surface area contributed by atoms with Crippen molar-refractivity contribution in [2.45, 2.75) is 6.92 Å². The van der Waals surface area contributed by atoms with Gasteiger partial charge in [-0.25, -0.2) is 0 Å². The SMILES string of the molecule is C=C(c1ccccc1)N(CC=O)C(=O)c1ccc(C)cc1. The van der Waals surface area contributed by atoms with Crippen molar-refractivity contribution in [2.24, 2.45) is 0 Å². The Kier molecular flexibility index (Phi) is 4.67. The number of carbonyl (C=O) groups is 2. The average molecular weight is 279 g/mol. The summed E-state index contributed by atoms with van der Waals surface area (Å²) in [7, 11) is 0. The topological polar surface area (TPSA) is 37.4 Å². The average Bonchev–Trinajstić information content (AvgIpc) is 2.53. The van der Waals surface area contributed by atoms with Gasteiger partial charge in [-0.1, -0.05) is 54.6 Å². The van der Waals surface area contributed by atoms with Gasteiger partial charge in [0.1, 0.15) is 6.29 Å². The Balaban J connectivity index is 2.30. The Bertz CT molecular complexity index is 645. The lowest BCUT2D eigenvalue weighted by Gasteiger charge is -2.23. The molecule has 0 aliphatic rings. The van der Waals surface area contributed by atoms with Gasteiger partial charge in [-0.3, -0.25) is 4.79 Å². The van der Waals surface area contributed by atoms with Crippen LogP contribution in [0.4, 0.5) is 0 Å². The van der Waals surface area contributed by atoms with Crippen molar-refractivity contribution in [2.75, 3.05) is 6.54 Å². The molecule has 0 aliphatic heterocycles. The van der Waals surface area contributed by atoms with E-state index in [9.17, 15) is 9.59 Å². The van der Waals surface area contributed by atoms with Crippen molar-refractivity contribution in [3.8, 4) is 0 Å². The molecule has 3 heteroatoms. The lowest BCUT2D eigenvalue weighted by Crippen LogP contribution is -2.30. The van der Waals surface area contributed by atoms with E-state index in [1.165, 1.54) is 4.90 Å². The molecule has 21 heavy (non-hydrogen) atoms. The number of rotatable bonds is 5. The van der Waals surface area contributed by atoms with Gasteiger partial charge in [0, 0.05) is 11.3 Å². The molecule has 106 valence electrons. The highest BCUT2D eigenvalue weighted by Crippen LogP contribution is 2.19. The second-order valence-corrected chi connectivity index (χ2v) is 4.76. The normalized spacial score (nSPS) is 9.95. The molecule has 0 aliphatic carbocycles. The van der Waals surface area contributed by atoms with E-state index in [0.717, 1.165) is 11.1 Å². The molecular weight excluding hydrogens is 262 g/mol. The van der Waals surface area contributed by atoms with Crippen LogP contribution in [0.3, 0.4) is 0 Å². The van der Waals surface area contributed by atoms with Crippen LogP contribution in [0.25, 0.3) is 5.70 Å². The smallest absolute Gasteiger partial charge is 0.258 e. The summed E-state index contributed by atoms with van der Waals surface area (Å²) in [5, 5.41) is 0. The molecule has 2 aromatic rings. The Morgan fingerprint density at radius 2 is 1.67 bits per heavy atom. The van der Waals surface area contributed by atoms with E-state index in [-0.39, 0.29) is 12.5 Å². The number of carbonyl (C=O) groups excluding carboxylic acids is 2. The molecule has 1 amide bonds. The predicted octanol–water partition coefficient (Wildman–Crippen LogP) is 3.31. The second-order valence-electron chi connectivity index (χ2n) is 4.76. The van der Waals surface area contributed by atoms with Crippen LogP contribution >= 0.6 is 0 Å². The zero-order valence-electron chi connectivity index (χ0n) is 12.0. The molecule has 0 saturated carbocycles. The summed E-state index contributed by atoms with van der Waals surface area (Å²) in [6.45, 7) is 5.90. The van der Waals surface area contributed by atoms with Gasteiger partial charge in [-0.05, 0) is 24.6 Å². The van der Waals surface area contributed by atoms with Gasteiger partial charge in [0.2, 0.25) is 0 Å². The molecule has 0 N–H and O–H groups in total. The third-order valence-corrected chi connectivity index (χ3v) is 3.23. The van der Waals surface area contributed by atoms with Gasteiger partial charge < -0.3 is 9.69 Å². The first-order valence-corrected chi connectivity index (χ1v) is 6.70. The van der Waals surface area contributed by atoms with Gasteiger partial charge in [-0.15, -0.1) is 0 Å². The van der Waals surface area contributed by atoms with Gasteiger partial charge >= 0.3 is 0 Å². The maximum atomic E-state index is 12.6. The summed E-state index contributed by atoms with van der Waals surface area (Å²) in [5.41, 5.74) is 2.96. The molecule has 3 nitrogen and oxygen atoms in total. The minimum absolute atomic E-state index is 0.0135. The van der Waals surface area contributed by atoms with Crippen LogP contribution in [0.2, 0.25) is 0 Å². The summed E-state index contributed by atoms with van der Waals surface area (Å²) in [6, 6.07) is 16.6. The molecule has 0 saturated heterocycles. The van der Waals surface area contributed by atoms with Crippen molar-refractivity contribution >= 4 is 17.9 Å². The maximum Gasteiger partial charge on any atom is 0.258 e. The number of hydrogen-bond acceptors (Lipinski definition) is 2. The molecule has 0 radical (unpaired) electrons. The van der Waals surface area contributed by atoms with Crippen LogP contribution in [-0.2, 0) is 4.79 Å². The fourth-order valence-corrected chi connectivity index (χ4v) is 2.03. The van der Waals surface area contributed by atoms with Crippen LogP contribution in [0.1, 0.15) is 21.5 Å². The van der Waals surface area contributed by atoms with Crippen molar-refractivity contribution < 1.29 is 9.59 Å². The Labute approximate surface area is 124 Å². The molecule has 2 rings (SSSR count). The highest BCUT2D eigenvalue weighted by molar-refractivity contribution is 6.00. The van der Waals surface area contributed by atoms with Crippen LogP contribution in [-0.4, -0.2) is 23.6 Å². The molecular formula is C18H17NO2. The molecule has 0 heterocycles. The summed E-state index contributed by atoms with van der Waals surface area (Å²) in [4.78, 5) is 24.9. The van der Waals surface area contributed by atoms with Gasteiger partial charge in [-0.2, -0.15) is 0 Å². The summed E-state index contributed by atoms with van der Waals surface area (Å²) in [6.07, 6.45) is 0.709. The van der Waals surface area contributed by atoms with Crippen molar-refractivity contribution in [3.63, 3.8) is 0 Å². The lowest BCUT2D eigenvalue weighted by molar-refractivity contribution is -0.108. The van der Waals surface area contributed by atoms with Gasteiger partial charge in [0.15, 0.2) is 0 Å². The van der Waals surface area contributed by atoms with Crippen molar-refractivity contribution in [1.82, 2.24) is 4.90 Å². The largest absolute Gasteiger partial charge is 0.301 e. The fraction of sp³-hybridized carbons (Fsp3) is 0.111. The van der Waals surface area contributed by atoms with Crippen LogP contribution in [0.5, 0.6) is 0 Å². The Morgan fingerprint density at radius 3 is 2.24 bits per heavy atom. The zero-order chi connectivity index (χ0) is 15.2. The van der Waals surface area contributed by atoms with E-state index in [1.54, 1.807) is 12.1 Å². The van der Waals surface area contributed by atoms with E-state index in [1.807, 2.05) is 49.4 Å². The molecule has 0 aromatic heterocycles. The first-order valence-electron chi connectivity index (χ1n) is 6.70. The summed E-state index contributed by atoms with van der Waals surface area (Å²) < 4.78 is 0. The Hall–Kier alpha value is -2.68. The number of aryl methyl sites for hydroxylation is 1. The molecule has 0 atom stereocenters. The molecule has 0 bridgehead atoms. The third kappa shape index (κ3) is 3.45. The lowest BCUT2D eigenvalue weighted by atomic mass is 10.1. The second kappa shape index (κ2) is 6.66. The van der Waals surface area contributed by atoms with E-state index >= 15 is 0 Å². The van der Waals surface area contributed by atoms with E-state index in [2.05, 4.69) is 6.58 Å². The van der Waals surface area contributed by atoms with Crippen molar-refractivity contribution in [3.05, 3.63) is 77.9 Å². The highest BCUT2D eigenvalue weighted by Gasteiger charge is 2.19. The molecule has 0 fully saturated rings. The van der Waals surface area contributed by atoms with E-state index in [4.69, 9.17) is 0 Å². The van der Waals surface area contributed by atoms with Crippen LogP contribution in [0.15, 0.2) is 61.2 Å². The highest BCUT2D eigenvalue weighted by atomic mass is 16.2. The number of aldehydes is 1. The standard InChI is InChI=1S/C18H17NO2/c1-14-8-10-17(11-9-14)18(21)19(12-13-20)15(2)16-6-4-3-5-7-16/h3-11,13H,2,12H2,1H3. The monoisotopic (exact) mass is 279 g/mol. The minimum Gasteiger partial charge on any atom is -0.301 e. The first-order chi connectivity index (χ1) is 10.1. The molecule has 0 unspecified atom stereocenters.